The lowest BCUT2D eigenvalue weighted by molar-refractivity contribution is 0.369. The monoisotopic (exact) mass is 342 g/mol. The molecule has 108 valence electrons. The predicted molar refractivity (Wildman–Crippen MR) is 80.7 cm³/mol. The molecular formula is C13H9Cl3N4O. The standard InChI is InChI=1S/C13H9Cl3N4O/c14-8-1-2-10(11(16)5-8)13-18-12(21-19-13)3-4-20-7-9(15)6-17-20/h1-2,5-7H,3-4H2. The highest BCUT2D eigenvalue weighted by Gasteiger charge is 2.12. The molecule has 0 unspecified atom stereocenters. The lowest BCUT2D eigenvalue weighted by Gasteiger charge is -1.98. The summed E-state index contributed by atoms with van der Waals surface area (Å²) in [4.78, 5) is 4.31. The largest absolute Gasteiger partial charge is 0.339 e. The lowest BCUT2D eigenvalue weighted by Crippen LogP contribution is -2.01. The molecule has 0 N–H and O–H groups in total. The molecule has 8 heteroatoms. The number of benzene rings is 1. The van der Waals surface area contributed by atoms with Crippen molar-refractivity contribution in [3.05, 3.63) is 51.6 Å². The Morgan fingerprint density at radius 1 is 1.14 bits per heavy atom. The van der Waals surface area contributed by atoms with Crippen molar-refractivity contribution in [2.45, 2.75) is 13.0 Å². The summed E-state index contributed by atoms with van der Waals surface area (Å²) in [5.41, 5.74) is 0.679. The van der Waals surface area contributed by atoms with Gasteiger partial charge < -0.3 is 4.52 Å². The van der Waals surface area contributed by atoms with E-state index in [-0.39, 0.29) is 0 Å². The van der Waals surface area contributed by atoms with Gasteiger partial charge in [-0.05, 0) is 18.2 Å². The number of aromatic nitrogens is 4. The second-order valence-electron chi connectivity index (χ2n) is 4.31. The first-order valence-electron chi connectivity index (χ1n) is 6.08. The first-order chi connectivity index (χ1) is 10.1. The highest BCUT2D eigenvalue weighted by molar-refractivity contribution is 6.36. The van der Waals surface area contributed by atoms with E-state index in [9.17, 15) is 0 Å². The Morgan fingerprint density at radius 2 is 2.00 bits per heavy atom. The first-order valence-corrected chi connectivity index (χ1v) is 7.21. The minimum atomic E-state index is 0.435. The van der Waals surface area contributed by atoms with Gasteiger partial charge in [0.25, 0.3) is 0 Å². The summed E-state index contributed by atoms with van der Waals surface area (Å²) in [7, 11) is 0. The van der Waals surface area contributed by atoms with Crippen LogP contribution in [0.2, 0.25) is 15.1 Å². The molecular weight excluding hydrogens is 335 g/mol. The molecule has 0 aliphatic carbocycles. The van der Waals surface area contributed by atoms with Crippen LogP contribution in [0.25, 0.3) is 11.4 Å². The molecule has 1 aromatic carbocycles. The van der Waals surface area contributed by atoms with Gasteiger partial charge in [0.15, 0.2) is 0 Å². The van der Waals surface area contributed by atoms with Crippen molar-refractivity contribution in [1.29, 1.82) is 0 Å². The Kier molecular flexibility index (Phi) is 4.14. The van der Waals surface area contributed by atoms with E-state index < -0.39 is 0 Å². The topological polar surface area (TPSA) is 56.7 Å². The summed E-state index contributed by atoms with van der Waals surface area (Å²) < 4.78 is 6.92. The maximum atomic E-state index is 6.11. The van der Waals surface area contributed by atoms with Crippen LogP contribution >= 0.6 is 34.8 Å². The number of nitrogens with zero attached hydrogens (tertiary/aromatic N) is 4. The summed E-state index contributed by atoms with van der Waals surface area (Å²) >= 11 is 17.8. The van der Waals surface area contributed by atoms with Gasteiger partial charge in [-0.3, -0.25) is 4.68 Å². The summed E-state index contributed by atoms with van der Waals surface area (Å²) in [6, 6.07) is 5.12. The fourth-order valence-corrected chi connectivity index (χ4v) is 2.46. The van der Waals surface area contributed by atoms with Gasteiger partial charge in [0.1, 0.15) is 0 Å². The van der Waals surface area contributed by atoms with Crippen LogP contribution in [0, 0.1) is 0 Å². The second-order valence-corrected chi connectivity index (χ2v) is 5.59. The van der Waals surface area contributed by atoms with Crippen molar-refractivity contribution >= 4 is 34.8 Å². The third-order valence-corrected chi connectivity index (χ3v) is 3.54. The fraction of sp³-hybridized carbons (Fsp3) is 0.154. The van der Waals surface area contributed by atoms with Gasteiger partial charge in [-0.2, -0.15) is 10.1 Å². The van der Waals surface area contributed by atoms with E-state index in [0.29, 0.717) is 45.3 Å². The third kappa shape index (κ3) is 3.37. The Hall–Kier alpha value is -1.56. The van der Waals surface area contributed by atoms with Crippen molar-refractivity contribution in [3.63, 3.8) is 0 Å². The molecule has 3 aromatic rings. The number of rotatable bonds is 4. The third-order valence-electron chi connectivity index (χ3n) is 2.80. The first kappa shape index (κ1) is 14.4. The quantitative estimate of drug-likeness (QED) is 0.714. The predicted octanol–water partition coefficient (Wildman–Crippen LogP) is 4.14. The van der Waals surface area contributed by atoms with Crippen LogP contribution in [0.1, 0.15) is 5.89 Å². The van der Waals surface area contributed by atoms with Crippen molar-refractivity contribution in [1.82, 2.24) is 19.9 Å². The molecule has 0 saturated carbocycles. The Bertz CT molecular complexity index is 768. The molecule has 2 heterocycles. The van der Waals surface area contributed by atoms with Gasteiger partial charge >= 0.3 is 0 Å². The highest BCUT2D eigenvalue weighted by Crippen LogP contribution is 2.28. The Labute approximate surface area is 135 Å². The zero-order valence-corrected chi connectivity index (χ0v) is 12.9. The van der Waals surface area contributed by atoms with E-state index in [1.54, 1.807) is 35.3 Å². The van der Waals surface area contributed by atoms with Gasteiger partial charge in [-0.25, -0.2) is 0 Å². The van der Waals surface area contributed by atoms with Crippen LogP contribution in [0.4, 0.5) is 0 Å². The lowest BCUT2D eigenvalue weighted by atomic mass is 10.2. The molecule has 0 fully saturated rings. The summed E-state index contributed by atoms with van der Waals surface area (Å²) in [6.07, 6.45) is 3.86. The summed E-state index contributed by atoms with van der Waals surface area (Å²) in [5.74, 6) is 0.938. The SMILES string of the molecule is Clc1ccc(-c2noc(CCn3cc(Cl)cn3)n2)c(Cl)c1. The van der Waals surface area contributed by atoms with E-state index in [0.717, 1.165) is 0 Å². The van der Waals surface area contributed by atoms with Gasteiger partial charge in [0.05, 0.1) is 16.2 Å². The molecule has 21 heavy (non-hydrogen) atoms. The minimum Gasteiger partial charge on any atom is -0.339 e. The molecule has 0 radical (unpaired) electrons. The van der Waals surface area contributed by atoms with Crippen LogP contribution in [0.3, 0.4) is 0 Å². The molecule has 0 bridgehead atoms. The van der Waals surface area contributed by atoms with Crippen LogP contribution < -0.4 is 0 Å². The number of hydrogen-bond acceptors (Lipinski definition) is 4. The van der Waals surface area contributed by atoms with E-state index in [2.05, 4.69) is 15.2 Å². The van der Waals surface area contributed by atoms with Crippen LogP contribution in [0.5, 0.6) is 0 Å². The van der Waals surface area contributed by atoms with Crippen LogP contribution in [0.15, 0.2) is 35.1 Å². The molecule has 0 amide bonds. The average molecular weight is 344 g/mol. The van der Waals surface area contributed by atoms with E-state index in [1.807, 2.05) is 0 Å². The summed E-state index contributed by atoms with van der Waals surface area (Å²) in [6.45, 7) is 0.600. The van der Waals surface area contributed by atoms with E-state index in [1.165, 1.54) is 0 Å². The molecule has 0 spiro atoms. The fourth-order valence-electron chi connectivity index (χ4n) is 1.81. The van der Waals surface area contributed by atoms with E-state index in [4.69, 9.17) is 39.3 Å². The molecule has 0 aliphatic heterocycles. The molecule has 0 atom stereocenters. The zero-order valence-electron chi connectivity index (χ0n) is 10.6. The van der Waals surface area contributed by atoms with Gasteiger partial charge in [0, 0.05) is 29.7 Å². The average Bonchev–Trinajstić information content (AvgIpc) is 3.05. The van der Waals surface area contributed by atoms with Crippen molar-refractivity contribution in [2.24, 2.45) is 0 Å². The number of halogens is 3. The van der Waals surface area contributed by atoms with Crippen molar-refractivity contribution < 1.29 is 4.52 Å². The zero-order chi connectivity index (χ0) is 14.8. The Balaban J connectivity index is 1.74. The number of hydrogen-bond donors (Lipinski definition) is 0. The van der Waals surface area contributed by atoms with Gasteiger partial charge in [-0.15, -0.1) is 0 Å². The van der Waals surface area contributed by atoms with Gasteiger partial charge in [0.2, 0.25) is 11.7 Å². The Morgan fingerprint density at radius 3 is 2.71 bits per heavy atom. The van der Waals surface area contributed by atoms with Gasteiger partial charge in [-0.1, -0.05) is 40.0 Å². The maximum absolute atomic E-state index is 6.11. The maximum Gasteiger partial charge on any atom is 0.228 e. The molecule has 5 nitrogen and oxygen atoms in total. The van der Waals surface area contributed by atoms with Crippen LogP contribution in [-0.4, -0.2) is 19.9 Å². The van der Waals surface area contributed by atoms with Crippen LogP contribution in [-0.2, 0) is 13.0 Å². The highest BCUT2D eigenvalue weighted by atomic mass is 35.5. The van der Waals surface area contributed by atoms with Crippen molar-refractivity contribution in [3.8, 4) is 11.4 Å². The van der Waals surface area contributed by atoms with Crippen molar-refractivity contribution in [2.75, 3.05) is 0 Å². The molecule has 2 aromatic heterocycles. The minimum absolute atomic E-state index is 0.435. The van der Waals surface area contributed by atoms with E-state index >= 15 is 0 Å². The smallest absolute Gasteiger partial charge is 0.228 e. The summed E-state index contributed by atoms with van der Waals surface area (Å²) in [5, 5.41) is 9.63. The number of aryl methyl sites for hydroxylation is 2. The molecule has 0 saturated heterocycles. The normalized spacial score (nSPS) is 11.0. The molecule has 3 rings (SSSR count). The second kappa shape index (κ2) is 6.05. The molecule has 0 aliphatic rings.